The predicted octanol–water partition coefficient (Wildman–Crippen LogP) is 3.22. The van der Waals surface area contributed by atoms with E-state index in [0.29, 0.717) is 16.5 Å². The zero-order valence-electron chi connectivity index (χ0n) is 12.9. The second-order valence-corrected chi connectivity index (χ2v) is 8.54. The Morgan fingerprint density at radius 3 is 2.35 bits per heavy atom. The molecular weight excluding hydrogens is 284 g/mol. The van der Waals surface area contributed by atoms with E-state index in [1.807, 2.05) is 0 Å². The molecule has 0 amide bonds. The molecule has 1 fully saturated rings. The van der Waals surface area contributed by atoms with Gasteiger partial charge in [0.1, 0.15) is 0 Å². The number of hydrazine groups is 1. The summed E-state index contributed by atoms with van der Waals surface area (Å²) in [6.45, 7) is 8.93. The Labute approximate surface area is 131 Å². The number of hydrogen-bond acceptors (Lipinski definition) is 4. The van der Waals surface area contributed by atoms with Crippen molar-refractivity contribution in [2.45, 2.75) is 50.7 Å². The zero-order valence-corrected chi connectivity index (χ0v) is 14.5. The van der Waals surface area contributed by atoms with Gasteiger partial charge in [0, 0.05) is 28.0 Å². The Hall–Kier alpha value is -0.160. The normalized spacial score (nSPS) is 24.6. The quantitative estimate of drug-likeness (QED) is 0.661. The summed E-state index contributed by atoms with van der Waals surface area (Å²) < 4.78 is 0. The Kier molecular flexibility index (Phi) is 5.84. The third-order valence-electron chi connectivity index (χ3n) is 4.11. The molecule has 3 N–H and O–H groups in total. The molecule has 0 spiro atoms. The van der Waals surface area contributed by atoms with Crippen molar-refractivity contribution >= 4 is 23.5 Å². The number of hydrogen-bond donors (Lipinski definition) is 2. The molecule has 0 aliphatic carbocycles. The van der Waals surface area contributed by atoms with Gasteiger partial charge in [0.2, 0.25) is 0 Å². The van der Waals surface area contributed by atoms with E-state index in [1.165, 1.54) is 33.8 Å². The SMILES string of the molecule is Cc1cc(C)c(CC(NN)C2SCCSC2C)c(C)c1. The summed E-state index contributed by atoms with van der Waals surface area (Å²) >= 11 is 4.15. The van der Waals surface area contributed by atoms with Crippen LogP contribution in [-0.4, -0.2) is 28.0 Å². The van der Waals surface area contributed by atoms with Gasteiger partial charge in [0.05, 0.1) is 0 Å². The fourth-order valence-corrected chi connectivity index (χ4v) is 6.06. The van der Waals surface area contributed by atoms with E-state index in [2.05, 4.69) is 68.8 Å². The average Bonchev–Trinajstić information content (AvgIpc) is 2.39. The minimum absolute atomic E-state index is 0.350. The summed E-state index contributed by atoms with van der Waals surface area (Å²) in [5.41, 5.74) is 8.68. The van der Waals surface area contributed by atoms with E-state index in [0.717, 1.165) is 6.42 Å². The minimum Gasteiger partial charge on any atom is -0.271 e. The topological polar surface area (TPSA) is 38.0 Å². The van der Waals surface area contributed by atoms with Gasteiger partial charge in [-0.2, -0.15) is 23.5 Å². The molecule has 0 saturated carbocycles. The van der Waals surface area contributed by atoms with Crippen LogP contribution in [0.15, 0.2) is 12.1 Å². The third-order valence-corrected chi connectivity index (χ3v) is 7.36. The highest BCUT2D eigenvalue weighted by atomic mass is 32.2. The lowest BCUT2D eigenvalue weighted by Crippen LogP contribution is -2.49. The van der Waals surface area contributed by atoms with Gasteiger partial charge in [-0.05, 0) is 43.9 Å². The van der Waals surface area contributed by atoms with Crippen LogP contribution in [-0.2, 0) is 6.42 Å². The largest absolute Gasteiger partial charge is 0.271 e. The Bertz CT molecular complexity index is 439. The molecule has 1 aromatic rings. The van der Waals surface area contributed by atoms with Crippen LogP contribution in [0.1, 0.15) is 29.2 Å². The van der Waals surface area contributed by atoms with Crippen molar-refractivity contribution in [2.24, 2.45) is 5.84 Å². The molecule has 2 rings (SSSR count). The van der Waals surface area contributed by atoms with Crippen LogP contribution in [0.3, 0.4) is 0 Å². The van der Waals surface area contributed by atoms with E-state index in [4.69, 9.17) is 5.84 Å². The first-order chi connectivity index (χ1) is 9.52. The first-order valence-electron chi connectivity index (χ1n) is 7.29. The number of aryl methyl sites for hydroxylation is 3. The van der Waals surface area contributed by atoms with Crippen molar-refractivity contribution in [3.8, 4) is 0 Å². The summed E-state index contributed by atoms with van der Waals surface area (Å²) in [6, 6.07) is 4.91. The second kappa shape index (κ2) is 7.21. The van der Waals surface area contributed by atoms with Crippen molar-refractivity contribution in [3.05, 3.63) is 34.4 Å². The molecular formula is C16H26N2S2. The van der Waals surface area contributed by atoms with Crippen LogP contribution in [0.4, 0.5) is 0 Å². The summed E-state index contributed by atoms with van der Waals surface area (Å²) in [5, 5.41) is 1.26. The Morgan fingerprint density at radius 2 is 1.80 bits per heavy atom. The van der Waals surface area contributed by atoms with Crippen molar-refractivity contribution < 1.29 is 0 Å². The van der Waals surface area contributed by atoms with E-state index < -0.39 is 0 Å². The molecule has 2 nitrogen and oxygen atoms in total. The third kappa shape index (κ3) is 3.73. The molecule has 112 valence electrons. The lowest BCUT2D eigenvalue weighted by molar-refractivity contribution is 0.499. The Balaban J connectivity index is 2.18. The first-order valence-corrected chi connectivity index (χ1v) is 9.38. The molecule has 0 aromatic heterocycles. The highest BCUT2D eigenvalue weighted by Gasteiger charge is 2.30. The van der Waals surface area contributed by atoms with Crippen LogP contribution in [0.2, 0.25) is 0 Å². The van der Waals surface area contributed by atoms with Gasteiger partial charge in [-0.3, -0.25) is 11.3 Å². The molecule has 0 bridgehead atoms. The minimum atomic E-state index is 0.350. The van der Waals surface area contributed by atoms with Crippen LogP contribution in [0.25, 0.3) is 0 Å². The smallest absolute Gasteiger partial charge is 0.0380 e. The maximum Gasteiger partial charge on any atom is 0.0380 e. The number of benzene rings is 1. The summed E-state index contributed by atoms with van der Waals surface area (Å²) in [7, 11) is 0. The van der Waals surface area contributed by atoms with Gasteiger partial charge in [0.15, 0.2) is 0 Å². The highest BCUT2D eigenvalue weighted by Crippen LogP contribution is 2.34. The van der Waals surface area contributed by atoms with Crippen LogP contribution in [0.5, 0.6) is 0 Å². The van der Waals surface area contributed by atoms with Gasteiger partial charge < -0.3 is 0 Å². The first kappa shape index (κ1) is 16.2. The fourth-order valence-electron chi connectivity index (χ4n) is 3.11. The summed E-state index contributed by atoms with van der Waals surface area (Å²) in [6.07, 6.45) is 1.02. The lowest BCUT2D eigenvalue weighted by Gasteiger charge is -2.34. The maximum atomic E-state index is 5.87. The predicted molar refractivity (Wildman–Crippen MR) is 93.6 cm³/mol. The van der Waals surface area contributed by atoms with Gasteiger partial charge >= 0.3 is 0 Å². The fraction of sp³-hybridized carbons (Fsp3) is 0.625. The number of nitrogens with two attached hydrogens (primary N) is 1. The molecule has 3 atom stereocenters. The molecule has 1 aliphatic heterocycles. The van der Waals surface area contributed by atoms with Gasteiger partial charge in [-0.1, -0.05) is 24.6 Å². The van der Waals surface area contributed by atoms with Crippen LogP contribution >= 0.6 is 23.5 Å². The molecule has 1 saturated heterocycles. The number of nitrogens with one attached hydrogen (secondary N) is 1. The number of thioether (sulfide) groups is 2. The van der Waals surface area contributed by atoms with Gasteiger partial charge in [-0.15, -0.1) is 0 Å². The Morgan fingerprint density at radius 1 is 1.20 bits per heavy atom. The second-order valence-electron chi connectivity index (χ2n) is 5.77. The zero-order chi connectivity index (χ0) is 14.7. The molecule has 1 heterocycles. The molecule has 20 heavy (non-hydrogen) atoms. The highest BCUT2D eigenvalue weighted by molar-refractivity contribution is 8.07. The van der Waals surface area contributed by atoms with E-state index in [9.17, 15) is 0 Å². The summed E-state index contributed by atoms with van der Waals surface area (Å²) in [4.78, 5) is 0. The van der Waals surface area contributed by atoms with E-state index in [-0.39, 0.29) is 0 Å². The van der Waals surface area contributed by atoms with E-state index >= 15 is 0 Å². The van der Waals surface area contributed by atoms with Gasteiger partial charge in [-0.25, -0.2) is 0 Å². The van der Waals surface area contributed by atoms with Gasteiger partial charge in [0.25, 0.3) is 0 Å². The molecule has 1 aromatic carbocycles. The van der Waals surface area contributed by atoms with Crippen molar-refractivity contribution in [2.75, 3.05) is 11.5 Å². The molecule has 4 heteroatoms. The maximum absolute atomic E-state index is 5.87. The monoisotopic (exact) mass is 310 g/mol. The number of rotatable bonds is 4. The standard InChI is InChI=1S/C16H26N2S2/c1-10-7-11(2)14(12(3)8-10)9-15(18-17)16-13(4)19-5-6-20-16/h7-8,13,15-16,18H,5-6,9,17H2,1-4H3. The molecule has 3 unspecified atom stereocenters. The van der Waals surface area contributed by atoms with Crippen LogP contribution < -0.4 is 11.3 Å². The lowest BCUT2D eigenvalue weighted by atomic mass is 9.93. The van der Waals surface area contributed by atoms with Crippen molar-refractivity contribution in [1.29, 1.82) is 0 Å². The summed E-state index contributed by atoms with van der Waals surface area (Å²) in [5.74, 6) is 8.38. The van der Waals surface area contributed by atoms with E-state index in [1.54, 1.807) is 0 Å². The molecule has 1 aliphatic rings. The van der Waals surface area contributed by atoms with Crippen molar-refractivity contribution in [1.82, 2.24) is 5.43 Å². The van der Waals surface area contributed by atoms with Crippen molar-refractivity contribution in [3.63, 3.8) is 0 Å². The van der Waals surface area contributed by atoms with Crippen LogP contribution in [0, 0.1) is 20.8 Å². The molecule has 0 radical (unpaired) electrons. The average molecular weight is 311 g/mol.